The molecule has 0 saturated carbocycles. The van der Waals surface area contributed by atoms with E-state index in [0.717, 1.165) is 24.8 Å². The monoisotopic (exact) mass is 245 g/mol. The van der Waals surface area contributed by atoms with E-state index in [9.17, 15) is 0 Å². The van der Waals surface area contributed by atoms with Crippen LogP contribution in [-0.4, -0.2) is 15.6 Å². The predicted molar refractivity (Wildman–Crippen MR) is 76.7 cm³/mol. The number of fused-ring (bicyclic) bond motifs is 1. The fourth-order valence-corrected chi connectivity index (χ4v) is 2.63. The van der Waals surface area contributed by atoms with Crippen molar-refractivity contribution in [2.45, 2.75) is 52.1 Å². The van der Waals surface area contributed by atoms with Crippen molar-refractivity contribution in [1.82, 2.24) is 9.55 Å². The number of hydrogen-bond acceptors (Lipinski definition) is 2. The highest BCUT2D eigenvalue weighted by atomic mass is 15.1. The van der Waals surface area contributed by atoms with Crippen LogP contribution in [-0.2, 0) is 6.42 Å². The van der Waals surface area contributed by atoms with Gasteiger partial charge in [0.25, 0.3) is 0 Å². The minimum atomic E-state index is 0.218. The summed E-state index contributed by atoms with van der Waals surface area (Å²) < 4.78 is 2.36. The van der Waals surface area contributed by atoms with Gasteiger partial charge in [0.05, 0.1) is 11.0 Å². The molecule has 2 rings (SSSR count). The standard InChI is InChI=1S/C15H23N3/c1-4-7-15-17-13-8-5-6-9-14(13)18(15)12(3)10-11(2)16/h5-6,8-9,11-12H,4,7,10,16H2,1-3H3. The summed E-state index contributed by atoms with van der Waals surface area (Å²) in [7, 11) is 0. The zero-order chi connectivity index (χ0) is 13.1. The third-order valence-corrected chi connectivity index (χ3v) is 3.30. The Morgan fingerprint density at radius 3 is 2.67 bits per heavy atom. The number of imidazole rings is 1. The molecule has 3 heteroatoms. The van der Waals surface area contributed by atoms with E-state index in [4.69, 9.17) is 10.7 Å². The van der Waals surface area contributed by atoms with Gasteiger partial charge in [-0.1, -0.05) is 19.1 Å². The minimum absolute atomic E-state index is 0.218. The lowest BCUT2D eigenvalue weighted by Gasteiger charge is -2.19. The molecular formula is C15H23N3. The Labute approximate surface area is 109 Å². The summed E-state index contributed by atoms with van der Waals surface area (Å²) in [5, 5.41) is 0. The van der Waals surface area contributed by atoms with Crippen LogP contribution >= 0.6 is 0 Å². The van der Waals surface area contributed by atoms with Gasteiger partial charge < -0.3 is 10.3 Å². The van der Waals surface area contributed by atoms with Gasteiger partial charge in [0.1, 0.15) is 5.82 Å². The molecule has 0 aliphatic heterocycles. The quantitative estimate of drug-likeness (QED) is 0.878. The number of benzene rings is 1. The second-order valence-corrected chi connectivity index (χ2v) is 5.20. The summed E-state index contributed by atoms with van der Waals surface area (Å²) in [6.07, 6.45) is 3.13. The van der Waals surface area contributed by atoms with Crippen LogP contribution in [0.15, 0.2) is 24.3 Å². The van der Waals surface area contributed by atoms with Crippen molar-refractivity contribution in [2.24, 2.45) is 5.73 Å². The normalized spacial score (nSPS) is 14.9. The molecule has 0 radical (unpaired) electrons. The lowest BCUT2D eigenvalue weighted by atomic mass is 10.1. The molecule has 2 unspecified atom stereocenters. The summed E-state index contributed by atoms with van der Waals surface area (Å²) in [6.45, 7) is 6.49. The fourth-order valence-electron chi connectivity index (χ4n) is 2.63. The Bertz CT molecular complexity index is 513. The van der Waals surface area contributed by atoms with E-state index in [1.807, 2.05) is 6.07 Å². The molecule has 1 aromatic heterocycles. The summed E-state index contributed by atoms with van der Waals surface area (Å²) in [5.74, 6) is 1.19. The Kier molecular flexibility index (Phi) is 4.02. The van der Waals surface area contributed by atoms with Gasteiger partial charge in [-0.25, -0.2) is 4.98 Å². The average Bonchev–Trinajstić information content (AvgIpc) is 2.66. The zero-order valence-electron chi connectivity index (χ0n) is 11.6. The van der Waals surface area contributed by atoms with E-state index >= 15 is 0 Å². The topological polar surface area (TPSA) is 43.8 Å². The van der Waals surface area contributed by atoms with Gasteiger partial charge in [-0.2, -0.15) is 0 Å². The van der Waals surface area contributed by atoms with Crippen molar-refractivity contribution < 1.29 is 0 Å². The van der Waals surface area contributed by atoms with Gasteiger partial charge in [0, 0.05) is 18.5 Å². The number of aryl methyl sites for hydroxylation is 1. The van der Waals surface area contributed by atoms with Crippen LogP contribution in [0.2, 0.25) is 0 Å². The third-order valence-electron chi connectivity index (χ3n) is 3.30. The molecule has 3 nitrogen and oxygen atoms in total. The minimum Gasteiger partial charge on any atom is -0.328 e. The molecule has 18 heavy (non-hydrogen) atoms. The first-order chi connectivity index (χ1) is 8.63. The van der Waals surface area contributed by atoms with Crippen molar-refractivity contribution in [3.8, 4) is 0 Å². The molecule has 0 amide bonds. The molecule has 2 aromatic rings. The fraction of sp³-hybridized carbons (Fsp3) is 0.533. The van der Waals surface area contributed by atoms with Crippen LogP contribution < -0.4 is 5.73 Å². The molecule has 98 valence electrons. The summed E-state index contributed by atoms with van der Waals surface area (Å²) in [4.78, 5) is 4.75. The maximum absolute atomic E-state index is 5.93. The first-order valence-corrected chi connectivity index (χ1v) is 6.85. The smallest absolute Gasteiger partial charge is 0.110 e. The summed E-state index contributed by atoms with van der Waals surface area (Å²) in [5.41, 5.74) is 8.26. The Hall–Kier alpha value is -1.35. The molecular weight excluding hydrogens is 222 g/mol. The van der Waals surface area contributed by atoms with Gasteiger partial charge in [0.2, 0.25) is 0 Å². The average molecular weight is 245 g/mol. The van der Waals surface area contributed by atoms with Crippen LogP contribution in [0.4, 0.5) is 0 Å². The maximum atomic E-state index is 5.93. The van der Waals surface area contributed by atoms with Crippen LogP contribution in [0.3, 0.4) is 0 Å². The lowest BCUT2D eigenvalue weighted by molar-refractivity contribution is 0.460. The Morgan fingerprint density at radius 2 is 2.00 bits per heavy atom. The summed E-state index contributed by atoms with van der Waals surface area (Å²) in [6, 6.07) is 8.98. The Morgan fingerprint density at radius 1 is 1.28 bits per heavy atom. The van der Waals surface area contributed by atoms with Gasteiger partial charge in [-0.3, -0.25) is 0 Å². The number of para-hydroxylation sites is 2. The van der Waals surface area contributed by atoms with Gasteiger partial charge in [0.15, 0.2) is 0 Å². The number of aromatic nitrogens is 2. The Balaban J connectivity index is 2.47. The first kappa shape index (κ1) is 13.1. The second-order valence-electron chi connectivity index (χ2n) is 5.20. The van der Waals surface area contributed by atoms with E-state index in [2.05, 4.69) is 43.5 Å². The van der Waals surface area contributed by atoms with Gasteiger partial charge in [-0.05, 0) is 38.8 Å². The van der Waals surface area contributed by atoms with Gasteiger partial charge >= 0.3 is 0 Å². The van der Waals surface area contributed by atoms with Crippen molar-refractivity contribution in [1.29, 1.82) is 0 Å². The maximum Gasteiger partial charge on any atom is 0.110 e. The molecule has 1 aromatic carbocycles. The molecule has 2 N–H and O–H groups in total. The molecule has 0 bridgehead atoms. The summed E-state index contributed by atoms with van der Waals surface area (Å²) >= 11 is 0. The number of nitrogens with zero attached hydrogens (tertiary/aromatic N) is 2. The highest BCUT2D eigenvalue weighted by Gasteiger charge is 2.15. The zero-order valence-corrected chi connectivity index (χ0v) is 11.6. The highest BCUT2D eigenvalue weighted by molar-refractivity contribution is 5.76. The molecule has 0 saturated heterocycles. The van der Waals surface area contributed by atoms with E-state index in [0.29, 0.717) is 6.04 Å². The largest absolute Gasteiger partial charge is 0.328 e. The molecule has 0 fully saturated rings. The lowest BCUT2D eigenvalue weighted by Crippen LogP contribution is -2.21. The van der Waals surface area contributed by atoms with Crippen LogP contribution in [0.5, 0.6) is 0 Å². The van der Waals surface area contributed by atoms with Gasteiger partial charge in [-0.15, -0.1) is 0 Å². The van der Waals surface area contributed by atoms with Crippen molar-refractivity contribution in [3.63, 3.8) is 0 Å². The molecule has 2 atom stereocenters. The second kappa shape index (κ2) is 5.53. The highest BCUT2D eigenvalue weighted by Crippen LogP contribution is 2.24. The van der Waals surface area contributed by atoms with Crippen LogP contribution in [0, 0.1) is 0 Å². The van der Waals surface area contributed by atoms with E-state index in [-0.39, 0.29) is 6.04 Å². The first-order valence-electron chi connectivity index (χ1n) is 6.85. The molecule has 0 spiro atoms. The molecule has 0 aliphatic carbocycles. The van der Waals surface area contributed by atoms with Crippen LogP contribution in [0.1, 0.15) is 45.5 Å². The third kappa shape index (κ3) is 2.56. The predicted octanol–water partition coefficient (Wildman–Crippen LogP) is 3.29. The molecule has 0 aliphatic rings. The van der Waals surface area contributed by atoms with Crippen LogP contribution in [0.25, 0.3) is 11.0 Å². The van der Waals surface area contributed by atoms with E-state index in [1.165, 1.54) is 11.3 Å². The van der Waals surface area contributed by atoms with Crippen molar-refractivity contribution >= 4 is 11.0 Å². The van der Waals surface area contributed by atoms with E-state index in [1.54, 1.807) is 0 Å². The number of nitrogens with two attached hydrogens (primary N) is 1. The SMILES string of the molecule is CCCc1nc2ccccc2n1C(C)CC(C)N. The number of hydrogen-bond donors (Lipinski definition) is 1. The van der Waals surface area contributed by atoms with E-state index < -0.39 is 0 Å². The van der Waals surface area contributed by atoms with Crippen molar-refractivity contribution in [3.05, 3.63) is 30.1 Å². The molecule has 1 heterocycles. The van der Waals surface area contributed by atoms with Crippen molar-refractivity contribution in [2.75, 3.05) is 0 Å². The number of rotatable bonds is 5.